The van der Waals surface area contributed by atoms with Gasteiger partial charge in [-0.05, 0) is 67.6 Å². The van der Waals surface area contributed by atoms with E-state index in [0.717, 1.165) is 42.4 Å². The van der Waals surface area contributed by atoms with Gasteiger partial charge in [-0.1, -0.05) is 11.3 Å². The van der Waals surface area contributed by atoms with Crippen LogP contribution in [0.2, 0.25) is 0 Å². The zero-order chi connectivity index (χ0) is 19.0. The summed E-state index contributed by atoms with van der Waals surface area (Å²) in [4.78, 5) is 23.0. The lowest BCUT2D eigenvalue weighted by Gasteiger charge is -2.34. The van der Waals surface area contributed by atoms with Crippen molar-refractivity contribution in [3.05, 3.63) is 53.1 Å². The summed E-state index contributed by atoms with van der Waals surface area (Å²) in [5.41, 5.74) is 4.43. The summed E-state index contributed by atoms with van der Waals surface area (Å²) < 4.78 is 1.24. The number of benzene rings is 2. The van der Waals surface area contributed by atoms with E-state index < -0.39 is 0 Å². The summed E-state index contributed by atoms with van der Waals surface area (Å²) in [5.74, 6) is 0.123. The Hall–Kier alpha value is -2.05. The number of piperazine rings is 1. The SMILES string of the molecule is CSc1ccc(C(=O)N2CCN(c3nc4cc(C)c(C)cc4s3)CC2)cc1. The molecule has 1 amide bonds. The highest BCUT2D eigenvalue weighted by Gasteiger charge is 2.24. The number of amides is 1. The van der Waals surface area contributed by atoms with Crippen molar-refractivity contribution in [3.63, 3.8) is 0 Å². The van der Waals surface area contributed by atoms with Crippen LogP contribution in [0.15, 0.2) is 41.3 Å². The first-order valence-corrected chi connectivity index (χ1v) is 11.2. The zero-order valence-corrected chi connectivity index (χ0v) is 17.5. The number of hydrogen-bond donors (Lipinski definition) is 0. The van der Waals surface area contributed by atoms with E-state index in [2.05, 4.69) is 30.9 Å². The smallest absolute Gasteiger partial charge is 0.253 e. The number of rotatable bonds is 3. The second kappa shape index (κ2) is 7.52. The largest absolute Gasteiger partial charge is 0.345 e. The van der Waals surface area contributed by atoms with Gasteiger partial charge in [0, 0.05) is 36.6 Å². The van der Waals surface area contributed by atoms with Crippen molar-refractivity contribution in [2.75, 3.05) is 37.3 Å². The third-order valence-electron chi connectivity index (χ3n) is 5.17. The van der Waals surface area contributed by atoms with Gasteiger partial charge in [0.2, 0.25) is 0 Å². The molecule has 0 atom stereocenters. The number of thioether (sulfide) groups is 1. The standard InChI is InChI=1S/C21H23N3OS2/c1-14-12-18-19(13-15(14)2)27-21(22-18)24-10-8-23(9-11-24)20(25)16-4-6-17(26-3)7-5-16/h4-7,12-13H,8-11H2,1-3H3. The van der Waals surface area contributed by atoms with Crippen LogP contribution < -0.4 is 4.90 Å². The van der Waals surface area contributed by atoms with Gasteiger partial charge in [0.15, 0.2) is 5.13 Å². The van der Waals surface area contributed by atoms with Crippen molar-refractivity contribution in [2.45, 2.75) is 18.7 Å². The molecule has 2 heterocycles. The Morgan fingerprint density at radius 1 is 1.04 bits per heavy atom. The summed E-state index contributed by atoms with van der Waals surface area (Å²) in [6.07, 6.45) is 2.04. The number of hydrogen-bond acceptors (Lipinski definition) is 5. The molecule has 0 bridgehead atoms. The number of fused-ring (bicyclic) bond motifs is 1. The maximum atomic E-state index is 12.7. The second-order valence-electron chi connectivity index (χ2n) is 6.91. The molecule has 1 aromatic heterocycles. The summed E-state index contributed by atoms with van der Waals surface area (Å²) >= 11 is 3.43. The normalized spacial score (nSPS) is 14.8. The first-order chi connectivity index (χ1) is 13.0. The van der Waals surface area contributed by atoms with E-state index in [1.807, 2.05) is 35.4 Å². The van der Waals surface area contributed by atoms with Gasteiger partial charge in [0.05, 0.1) is 10.2 Å². The van der Waals surface area contributed by atoms with Crippen LogP contribution in [0.4, 0.5) is 5.13 Å². The molecule has 1 aliphatic heterocycles. The fourth-order valence-corrected chi connectivity index (χ4v) is 4.83. The van der Waals surface area contributed by atoms with Gasteiger partial charge in [-0.2, -0.15) is 0 Å². The van der Waals surface area contributed by atoms with Crippen molar-refractivity contribution in [1.82, 2.24) is 9.88 Å². The Balaban J connectivity index is 1.44. The van der Waals surface area contributed by atoms with Crippen molar-refractivity contribution in [3.8, 4) is 0 Å². The molecule has 6 heteroatoms. The Morgan fingerprint density at radius 3 is 2.37 bits per heavy atom. The number of carbonyl (C=O) groups is 1. The van der Waals surface area contributed by atoms with Crippen LogP contribution in [-0.4, -0.2) is 48.2 Å². The molecule has 2 aromatic carbocycles. The molecule has 1 saturated heterocycles. The van der Waals surface area contributed by atoms with Crippen molar-refractivity contribution in [2.24, 2.45) is 0 Å². The molecule has 27 heavy (non-hydrogen) atoms. The second-order valence-corrected chi connectivity index (χ2v) is 8.80. The minimum absolute atomic E-state index is 0.123. The lowest BCUT2D eigenvalue weighted by Crippen LogP contribution is -2.48. The van der Waals surface area contributed by atoms with Gasteiger partial charge >= 0.3 is 0 Å². The summed E-state index contributed by atoms with van der Waals surface area (Å²) in [6, 6.07) is 12.3. The zero-order valence-electron chi connectivity index (χ0n) is 15.9. The molecular formula is C21H23N3OS2. The lowest BCUT2D eigenvalue weighted by atomic mass is 10.1. The van der Waals surface area contributed by atoms with Gasteiger partial charge in [0.25, 0.3) is 5.91 Å². The maximum absolute atomic E-state index is 12.7. The molecule has 0 radical (unpaired) electrons. The minimum Gasteiger partial charge on any atom is -0.345 e. The Labute approximate surface area is 168 Å². The topological polar surface area (TPSA) is 36.4 Å². The van der Waals surface area contributed by atoms with E-state index in [1.165, 1.54) is 20.7 Å². The van der Waals surface area contributed by atoms with Gasteiger partial charge in [0.1, 0.15) is 0 Å². The molecule has 140 valence electrons. The first-order valence-electron chi connectivity index (χ1n) is 9.11. The van der Waals surface area contributed by atoms with Crippen LogP contribution in [-0.2, 0) is 0 Å². The van der Waals surface area contributed by atoms with E-state index in [9.17, 15) is 4.79 Å². The molecule has 3 aromatic rings. The molecule has 0 spiro atoms. The van der Waals surface area contributed by atoms with Gasteiger partial charge in [-0.15, -0.1) is 11.8 Å². The van der Waals surface area contributed by atoms with Crippen molar-refractivity contribution >= 4 is 44.4 Å². The number of carbonyl (C=O) groups excluding carboxylic acids is 1. The van der Waals surface area contributed by atoms with Crippen LogP contribution in [0.3, 0.4) is 0 Å². The number of nitrogens with zero attached hydrogens (tertiary/aromatic N) is 3. The molecule has 0 saturated carbocycles. The first kappa shape index (κ1) is 18.3. The number of anilines is 1. The predicted octanol–water partition coefficient (Wildman–Crippen LogP) is 4.60. The Kier molecular flexibility index (Phi) is 5.10. The van der Waals surface area contributed by atoms with E-state index >= 15 is 0 Å². The average Bonchev–Trinajstić information content (AvgIpc) is 3.10. The Morgan fingerprint density at radius 2 is 1.70 bits per heavy atom. The molecule has 1 fully saturated rings. The van der Waals surface area contributed by atoms with Crippen molar-refractivity contribution < 1.29 is 4.79 Å². The quantitative estimate of drug-likeness (QED) is 0.605. The van der Waals surface area contributed by atoms with Gasteiger partial charge in [-0.3, -0.25) is 4.79 Å². The van der Waals surface area contributed by atoms with E-state index in [-0.39, 0.29) is 5.91 Å². The molecule has 0 unspecified atom stereocenters. The van der Waals surface area contributed by atoms with E-state index in [1.54, 1.807) is 23.1 Å². The fourth-order valence-electron chi connectivity index (χ4n) is 3.32. The third-order valence-corrected chi connectivity index (χ3v) is 6.99. The van der Waals surface area contributed by atoms with Crippen LogP contribution in [0, 0.1) is 13.8 Å². The molecule has 4 rings (SSSR count). The molecular weight excluding hydrogens is 374 g/mol. The van der Waals surface area contributed by atoms with E-state index in [0.29, 0.717) is 0 Å². The van der Waals surface area contributed by atoms with E-state index in [4.69, 9.17) is 4.98 Å². The van der Waals surface area contributed by atoms with Crippen LogP contribution in [0.25, 0.3) is 10.2 Å². The monoisotopic (exact) mass is 397 g/mol. The Bertz CT molecular complexity index is 934. The van der Waals surface area contributed by atoms with Crippen LogP contribution in [0.5, 0.6) is 0 Å². The molecule has 0 aliphatic carbocycles. The van der Waals surface area contributed by atoms with Gasteiger partial charge in [-0.25, -0.2) is 4.98 Å². The molecule has 4 nitrogen and oxygen atoms in total. The highest BCUT2D eigenvalue weighted by Crippen LogP contribution is 2.31. The number of thiazole rings is 1. The minimum atomic E-state index is 0.123. The lowest BCUT2D eigenvalue weighted by molar-refractivity contribution is 0.0746. The van der Waals surface area contributed by atoms with Crippen LogP contribution in [0.1, 0.15) is 21.5 Å². The predicted molar refractivity (Wildman–Crippen MR) is 115 cm³/mol. The highest BCUT2D eigenvalue weighted by atomic mass is 32.2. The summed E-state index contributed by atoms with van der Waals surface area (Å²) in [6.45, 7) is 7.39. The summed E-state index contributed by atoms with van der Waals surface area (Å²) in [7, 11) is 0. The number of aryl methyl sites for hydroxylation is 2. The number of aromatic nitrogens is 1. The van der Waals surface area contributed by atoms with Crippen LogP contribution >= 0.6 is 23.1 Å². The molecule has 0 N–H and O–H groups in total. The third kappa shape index (κ3) is 3.69. The fraction of sp³-hybridized carbons (Fsp3) is 0.333. The molecule has 1 aliphatic rings. The van der Waals surface area contributed by atoms with Gasteiger partial charge < -0.3 is 9.80 Å². The average molecular weight is 398 g/mol. The maximum Gasteiger partial charge on any atom is 0.253 e. The van der Waals surface area contributed by atoms with Crippen molar-refractivity contribution in [1.29, 1.82) is 0 Å². The highest BCUT2D eigenvalue weighted by molar-refractivity contribution is 7.98. The summed E-state index contributed by atoms with van der Waals surface area (Å²) in [5, 5.41) is 1.06.